The highest BCUT2D eigenvalue weighted by atomic mass is 32.1. The van der Waals surface area contributed by atoms with Crippen molar-refractivity contribution in [3.05, 3.63) is 70.8 Å². The Morgan fingerprint density at radius 2 is 1.94 bits per heavy atom. The maximum absolute atomic E-state index is 13.0. The maximum atomic E-state index is 13.0. The number of carbonyl (C=O) groups is 2. The fourth-order valence-electron chi connectivity index (χ4n) is 4.17. The van der Waals surface area contributed by atoms with Gasteiger partial charge in [0.25, 0.3) is 11.8 Å². The zero-order chi connectivity index (χ0) is 22.0. The summed E-state index contributed by atoms with van der Waals surface area (Å²) in [6.45, 7) is 5.81. The Labute approximate surface area is 188 Å². The Morgan fingerprint density at radius 3 is 2.68 bits per heavy atom. The zero-order valence-corrected chi connectivity index (χ0v) is 18.7. The number of fused-ring (bicyclic) bond motifs is 1. The van der Waals surface area contributed by atoms with Gasteiger partial charge >= 0.3 is 0 Å². The molecule has 4 rings (SSSR count). The van der Waals surface area contributed by atoms with Gasteiger partial charge in [-0.1, -0.05) is 43.3 Å². The average molecular weight is 434 g/mol. The van der Waals surface area contributed by atoms with E-state index in [2.05, 4.69) is 46.6 Å². The number of amides is 2. The topological polar surface area (TPSA) is 52.7 Å². The van der Waals surface area contributed by atoms with Gasteiger partial charge in [-0.3, -0.25) is 19.8 Å². The summed E-state index contributed by atoms with van der Waals surface area (Å²) in [7, 11) is 0. The van der Waals surface area contributed by atoms with Crippen LogP contribution >= 0.6 is 12.2 Å². The molecule has 2 aromatic rings. The van der Waals surface area contributed by atoms with E-state index in [1.165, 1.54) is 21.7 Å². The van der Waals surface area contributed by atoms with Crippen LogP contribution in [0.4, 0.5) is 5.69 Å². The van der Waals surface area contributed by atoms with Crippen LogP contribution in [-0.4, -0.2) is 34.4 Å². The van der Waals surface area contributed by atoms with Crippen LogP contribution in [-0.2, 0) is 22.6 Å². The second-order valence-electron chi connectivity index (χ2n) is 8.15. The molecule has 0 bridgehead atoms. The zero-order valence-electron chi connectivity index (χ0n) is 17.9. The van der Waals surface area contributed by atoms with E-state index in [-0.39, 0.29) is 22.6 Å². The van der Waals surface area contributed by atoms with Crippen LogP contribution in [0.2, 0.25) is 0 Å². The first-order chi connectivity index (χ1) is 15.0. The van der Waals surface area contributed by atoms with E-state index in [0.717, 1.165) is 37.9 Å². The summed E-state index contributed by atoms with van der Waals surface area (Å²) in [6.07, 6.45) is 4.51. The molecule has 2 amide bonds. The average Bonchev–Trinajstić information content (AvgIpc) is 2.77. The molecule has 2 aliphatic rings. The predicted molar refractivity (Wildman–Crippen MR) is 128 cm³/mol. The van der Waals surface area contributed by atoms with Crippen LogP contribution in [0.5, 0.6) is 0 Å². The van der Waals surface area contributed by atoms with Gasteiger partial charge < -0.3 is 4.90 Å². The molecule has 31 heavy (non-hydrogen) atoms. The van der Waals surface area contributed by atoms with Crippen LogP contribution in [0.1, 0.15) is 43.4 Å². The lowest BCUT2D eigenvalue weighted by atomic mass is 9.97. The van der Waals surface area contributed by atoms with Gasteiger partial charge in [-0.05, 0) is 73.3 Å². The van der Waals surface area contributed by atoms with Crippen molar-refractivity contribution in [1.82, 2.24) is 10.2 Å². The highest BCUT2D eigenvalue weighted by Crippen LogP contribution is 2.30. The highest BCUT2D eigenvalue weighted by Gasteiger charge is 2.35. The largest absolute Gasteiger partial charge is 0.367 e. The minimum atomic E-state index is -0.432. The number of nitrogens with one attached hydrogen (secondary N) is 1. The Balaban J connectivity index is 1.61. The summed E-state index contributed by atoms with van der Waals surface area (Å²) in [5.74, 6) is -0.760. The first kappa shape index (κ1) is 21.2. The molecule has 2 heterocycles. The Morgan fingerprint density at radius 1 is 1.16 bits per heavy atom. The van der Waals surface area contributed by atoms with Crippen LogP contribution in [0.3, 0.4) is 0 Å². The Kier molecular flexibility index (Phi) is 6.18. The third-order valence-corrected chi connectivity index (χ3v) is 6.31. The molecule has 6 heteroatoms. The molecule has 0 spiro atoms. The molecule has 0 aromatic heterocycles. The van der Waals surface area contributed by atoms with Crippen molar-refractivity contribution in [2.24, 2.45) is 0 Å². The molecule has 2 aromatic carbocycles. The molecular formula is C25H27N3O2S. The summed E-state index contributed by atoms with van der Waals surface area (Å²) < 4.78 is 0. The number of anilines is 1. The first-order valence-electron chi connectivity index (χ1n) is 10.8. The van der Waals surface area contributed by atoms with Crippen LogP contribution in [0.15, 0.2) is 54.1 Å². The third-order valence-electron chi connectivity index (χ3n) is 6.01. The number of hydrogen-bond acceptors (Lipinski definition) is 4. The van der Waals surface area contributed by atoms with Gasteiger partial charge in [-0.2, -0.15) is 0 Å². The number of thiocarbonyl (C=S) groups is 1. The van der Waals surface area contributed by atoms with Crippen LogP contribution < -0.4 is 10.2 Å². The number of carbonyl (C=O) groups excluding carboxylic acids is 2. The van der Waals surface area contributed by atoms with Crippen LogP contribution in [0.25, 0.3) is 6.08 Å². The van der Waals surface area contributed by atoms with Crippen molar-refractivity contribution >= 4 is 40.9 Å². The molecule has 1 atom stereocenters. The second kappa shape index (κ2) is 9.02. The van der Waals surface area contributed by atoms with E-state index >= 15 is 0 Å². The molecule has 5 nitrogen and oxygen atoms in total. The lowest BCUT2D eigenvalue weighted by Gasteiger charge is -2.33. The number of nitrogens with zero attached hydrogens (tertiary/aromatic N) is 2. The molecule has 2 aliphatic heterocycles. The summed E-state index contributed by atoms with van der Waals surface area (Å²) in [4.78, 5) is 29.4. The highest BCUT2D eigenvalue weighted by molar-refractivity contribution is 7.80. The molecular weight excluding hydrogens is 406 g/mol. The number of rotatable bonds is 5. The van der Waals surface area contributed by atoms with E-state index in [4.69, 9.17) is 12.2 Å². The van der Waals surface area contributed by atoms with Crippen molar-refractivity contribution < 1.29 is 9.59 Å². The smallest absolute Gasteiger partial charge is 0.265 e. The number of hydrogen-bond donors (Lipinski definition) is 1. The van der Waals surface area contributed by atoms with Crippen LogP contribution in [0, 0.1) is 0 Å². The molecule has 1 N–H and O–H groups in total. The summed E-state index contributed by atoms with van der Waals surface area (Å²) in [6, 6.07) is 16.6. The van der Waals surface area contributed by atoms with Gasteiger partial charge in [0, 0.05) is 24.8 Å². The molecule has 0 saturated carbocycles. The second-order valence-corrected chi connectivity index (χ2v) is 8.54. The molecule has 0 aliphatic carbocycles. The SMILES string of the molecule is CCC(C)N1C(=O)/C(=C/c2ccc3c(c2)CCCN3Cc2ccccc2)C(=O)NC1=S. The molecule has 0 radical (unpaired) electrons. The Bertz CT molecular complexity index is 1050. The first-order valence-corrected chi connectivity index (χ1v) is 11.2. The summed E-state index contributed by atoms with van der Waals surface area (Å²) in [5, 5.41) is 2.85. The fourth-order valence-corrected chi connectivity index (χ4v) is 4.53. The van der Waals surface area contributed by atoms with Gasteiger partial charge in [0.15, 0.2) is 5.11 Å². The number of benzene rings is 2. The fraction of sp³-hybridized carbons (Fsp3) is 0.320. The van der Waals surface area contributed by atoms with E-state index in [0.29, 0.717) is 0 Å². The van der Waals surface area contributed by atoms with Crippen molar-refractivity contribution in [2.45, 2.75) is 45.7 Å². The van der Waals surface area contributed by atoms with Crippen molar-refractivity contribution in [1.29, 1.82) is 0 Å². The van der Waals surface area contributed by atoms with Gasteiger partial charge in [-0.25, -0.2) is 0 Å². The van der Waals surface area contributed by atoms with Gasteiger partial charge in [-0.15, -0.1) is 0 Å². The maximum Gasteiger partial charge on any atom is 0.265 e. The van der Waals surface area contributed by atoms with Gasteiger partial charge in [0.2, 0.25) is 0 Å². The molecule has 160 valence electrons. The summed E-state index contributed by atoms with van der Waals surface area (Å²) in [5.41, 5.74) is 4.74. The molecule has 1 fully saturated rings. The lowest BCUT2D eigenvalue weighted by Crippen LogP contribution is -2.56. The third kappa shape index (κ3) is 4.39. The van der Waals surface area contributed by atoms with Gasteiger partial charge in [0.1, 0.15) is 5.57 Å². The van der Waals surface area contributed by atoms with E-state index in [9.17, 15) is 9.59 Å². The van der Waals surface area contributed by atoms with Crippen molar-refractivity contribution in [2.75, 3.05) is 11.4 Å². The van der Waals surface area contributed by atoms with E-state index < -0.39 is 5.91 Å². The van der Waals surface area contributed by atoms with Crippen molar-refractivity contribution in [3.63, 3.8) is 0 Å². The van der Waals surface area contributed by atoms with Crippen molar-refractivity contribution in [3.8, 4) is 0 Å². The normalized spacial score (nSPS) is 18.8. The Hall–Kier alpha value is -2.99. The predicted octanol–water partition coefficient (Wildman–Crippen LogP) is 4.06. The monoisotopic (exact) mass is 433 g/mol. The minimum Gasteiger partial charge on any atom is -0.367 e. The molecule has 1 unspecified atom stereocenters. The number of aryl methyl sites for hydroxylation is 1. The standard InChI is InChI=1S/C25H27N3O2S/c1-3-17(2)28-24(30)21(23(29)26-25(28)31)15-19-11-12-22-20(14-19)10-7-13-27(22)16-18-8-5-4-6-9-18/h4-6,8-9,11-12,14-15,17H,3,7,10,13,16H2,1-2H3,(H,26,29,31)/b21-15+. The molecule has 1 saturated heterocycles. The van der Waals surface area contributed by atoms with E-state index in [1.54, 1.807) is 6.08 Å². The lowest BCUT2D eigenvalue weighted by molar-refractivity contribution is -0.130. The van der Waals surface area contributed by atoms with Gasteiger partial charge in [0.05, 0.1) is 0 Å². The summed E-state index contributed by atoms with van der Waals surface area (Å²) >= 11 is 5.23. The quantitative estimate of drug-likeness (QED) is 0.439. The van der Waals surface area contributed by atoms with E-state index in [1.807, 2.05) is 26.0 Å². The minimum absolute atomic E-state index is 0.0703.